The van der Waals surface area contributed by atoms with Crippen LogP contribution in [-0.2, 0) is 0 Å². The molecule has 0 unspecified atom stereocenters. The number of rotatable bonds is 4. The summed E-state index contributed by atoms with van der Waals surface area (Å²) in [6.45, 7) is 7.20. The quantitative estimate of drug-likeness (QED) is 0.937. The minimum Gasteiger partial charge on any atom is -0.476 e. The zero-order chi connectivity index (χ0) is 14.7. The Morgan fingerprint density at radius 3 is 2.48 bits per heavy atom. The van der Waals surface area contributed by atoms with Crippen molar-refractivity contribution in [1.29, 1.82) is 0 Å². The number of ether oxygens (including phenoxy) is 1. The summed E-state index contributed by atoms with van der Waals surface area (Å²) in [7, 11) is 0. The molecule has 1 aliphatic rings. The van der Waals surface area contributed by atoms with Crippen LogP contribution in [0.25, 0.3) is 11.0 Å². The first kappa shape index (κ1) is 14.3. The van der Waals surface area contributed by atoms with Gasteiger partial charge in [0, 0.05) is 5.92 Å². The van der Waals surface area contributed by atoms with Gasteiger partial charge in [-0.2, -0.15) is 0 Å². The van der Waals surface area contributed by atoms with E-state index >= 15 is 0 Å². The van der Waals surface area contributed by atoms with Crippen LogP contribution in [0.5, 0.6) is 5.88 Å². The standard InChI is InChI=1S/C17H23N3O/c1-12(2)16-17(21-11-13-7-9-18-10-8-13)20-15-6-4-3-5-14(15)19-16/h3-6,12-13,18H,7-11H2,1-2H3. The summed E-state index contributed by atoms with van der Waals surface area (Å²) >= 11 is 0. The van der Waals surface area contributed by atoms with E-state index in [0.29, 0.717) is 17.7 Å². The molecule has 1 aromatic carbocycles. The van der Waals surface area contributed by atoms with Gasteiger partial charge in [0.15, 0.2) is 0 Å². The molecule has 21 heavy (non-hydrogen) atoms. The van der Waals surface area contributed by atoms with E-state index in [2.05, 4.69) is 24.1 Å². The number of benzene rings is 1. The fourth-order valence-corrected chi connectivity index (χ4v) is 2.72. The average molecular weight is 285 g/mol. The third-order valence-electron chi connectivity index (χ3n) is 4.03. The van der Waals surface area contributed by atoms with Gasteiger partial charge in [-0.3, -0.25) is 0 Å². The van der Waals surface area contributed by atoms with Gasteiger partial charge in [-0.15, -0.1) is 0 Å². The second-order valence-electron chi connectivity index (χ2n) is 6.06. The molecule has 112 valence electrons. The first-order chi connectivity index (χ1) is 10.2. The molecule has 1 N–H and O–H groups in total. The number of fused-ring (bicyclic) bond motifs is 1. The topological polar surface area (TPSA) is 47.0 Å². The van der Waals surface area contributed by atoms with Gasteiger partial charge in [0.25, 0.3) is 0 Å². The molecule has 1 saturated heterocycles. The van der Waals surface area contributed by atoms with Crippen molar-refractivity contribution in [2.24, 2.45) is 5.92 Å². The van der Waals surface area contributed by atoms with Crippen molar-refractivity contribution < 1.29 is 4.74 Å². The van der Waals surface area contributed by atoms with Gasteiger partial charge < -0.3 is 10.1 Å². The Hall–Kier alpha value is -1.68. The van der Waals surface area contributed by atoms with Crippen molar-refractivity contribution in [3.8, 4) is 5.88 Å². The highest BCUT2D eigenvalue weighted by atomic mass is 16.5. The SMILES string of the molecule is CC(C)c1nc2ccccc2nc1OCC1CCNCC1. The minimum atomic E-state index is 0.310. The van der Waals surface area contributed by atoms with Gasteiger partial charge in [0.1, 0.15) is 5.69 Å². The maximum atomic E-state index is 6.04. The average Bonchev–Trinajstić information content (AvgIpc) is 2.53. The van der Waals surface area contributed by atoms with Crippen LogP contribution >= 0.6 is 0 Å². The molecule has 2 aromatic rings. The lowest BCUT2D eigenvalue weighted by molar-refractivity contribution is 0.206. The predicted molar refractivity (Wildman–Crippen MR) is 84.7 cm³/mol. The molecule has 0 radical (unpaired) electrons. The Kier molecular flexibility index (Phi) is 4.34. The van der Waals surface area contributed by atoms with Crippen LogP contribution in [0.1, 0.15) is 38.3 Å². The van der Waals surface area contributed by atoms with Crippen LogP contribution in [-0.4, -0.2) is 29.7 Å². The third-order valence-corrected chi connectivity index (χ3v) is 4.03. The highest BCUT2D eigenvalue weighted by Crippen LogP contribution is 2.26. The molecular formula is C17H23N3O. The molecule has 1 aromatic heterocycles. The van der Waals surface area contributed by atoms with Crippen LogP contribution in [0.4, 0.5) is 0 Å². The number of aromatic nitrogens is 2. The molecular weight excluding hydrogens is 262 g/mol. The Bertz CT molecular complexity index is 606. The Morgan fingerprint density at radius 2 is 1.81 bits per heavy atom. The number of hydrogen-bond acceptors (Lipinski definition) is 4. The van der Waals surface area contributed by atoms with Crippen molar-refractivity contribution in [3.05, 3.63) is 30.0 Å². The van der Waals surface area contributed by atoms with Crippen molar-refractivity contribution in [2.45, 2.75) is 32.6 Å². The molecule has 0 saturated carbocycles. The van der Waals surface area contributed by atoms with Crippen molar-refractivity contribution in [3.63, 3.8) is 0 Å². The van der Waals surface area contributed by atoms with Crippen molar-refractivity contribution in [2.75, 3.05) is 19.7 Å². The normalized spacial score (nSPS) is 16.5. The molecule has 1 fully saturated rings. The summed E-state index contributed by atoms with van der Waals surface area (Å²) in [5, 5.41) is 3.38. The molecule has 4 heteroatoms. The zero-order valence-electron chi connectivity index (χ0n) is 12.8. The number of nitrogens with one attached hydrogen (secondary N) is 1. The van der Waals surface area contributed by atoms with Gasteiger partial charge in [-0.1, -0.05) is 26.0 Å². The third kappa shape index (κ3) is 3.32. The second kappa shape index (κ2) is 6.39. The van der Waals surface area contributed by atoms with E-state index in [1.165, 1.54) is 12.8 Å². The Labute approximate surface area is 125 Å². The van der Waals surface area contributed by atoms with Crippen LogP contribution in [0.15, 0.2) is 24.3 Å². The molecule has 0 atom stereocenters. The Morgan fingerprint density at radius 1 is 1.14 bits per heavy atom. The molecule has 0 bridgehead atoms. The minimum absolute atomic E-state index is 0.310. The van der Waals surface area contributed by atoms with E-state index < -0.39 is 0 Å². The summed E-state index contributed by atoms with van der Waals surface area (Å²) in [5.41, 5.74) is 2.81. The van der Waals surface area contributed by atoms with Crippen LogP contribution in [0.2, 0.25) is 0 Å². The molecule has 2 heterocycles. The monoisotopic (exact) mass is 285 g/mol. The van der Waals surface area contributed by atoms with Gasteiger partial charge in [0.2, 0.25) is 5.88 Å². The highest BCUT2D eigenvalue weighted by molar-refractivity contribution is 5.74. The van der Waals surface area contributed by atoms with Gasteiger partial charge in [-0.25, -0.2) is 9.97 Å². The molecule has 3 rings (SSSR count). The summed E-state index contributed by atoms with van der Waals surface area (Å²) in [4.78, 5) is 9.42. The van der Waals surface area contributed by atoms with Gasteiger partial charge >= 0.3 is 0 Å². The fourth-order valence-electron chi connectivity index (χ4n) is 2.72. The van der Waals surface area contributed by atoms with E-state index in [1.807, 2.05) is 24.3 Å². The number of hydrogen-bond donors (Lipinski definition) is 1. The largest absolute Gasteiger partial charge is 0.476 e. The molecule has 0 spiro atoms. The smallest absolute Gasteiger partial charge is 0.236 e. The van der Waals surface area contributed by atoms with E-state index in [1.54, 1.807) is 0 Å². The maximum absolute atomic E-state index is 6.04. The molecule has 0 aliphatic carbocycles. The van der Waals surface area contributed by atoms with Crippen LogP contribution in [0.3, 0.4) is 0 Å². The Balaban J connectivity index is 1.83. The van der Waals surface area contributed by atoms with Crippen LogP contribution < -0.4 is 10.1 Å². The lowest BCUT2D eigenvalue weighted by Crippen LogP contribution is -2.30. The summed E-state index contributed by atoms with van der Waals surface area (Å²) in [6.07, 6.45) is 2.36. The zero-order valence-corrected chi connectivity index (χ0v) is 12.8. The van der Waals surface area contributed by atoms with E-state index in [0.717, 1.165) is 36.4 Å². The molecule has 1 aliphatic heterocycles. The summed E-state index contributed by atoms with van der Waals surface area (Å²) < 4.78 is 6.04. The summed E-state index contributed by atoms with van der Waals surface area (Å²) in [6, 6.07) is 7.98. The number of para-hydroxylation sites is 2. The van der Waals surface area contributed by atoms with E-state index in [9.17, 15) is 0 Å². The van der Waals surface area contributed by atoms with Gasteiger partial charge in [-0.05, 0) is 44.0 Å². The van der Waals surface area contributed by atoms with Crippen molar-refractivity contribution in [1.82, 2.24) is 15.3 Å². The van der Waals surface area contributed by atoms with E-state index in [-0.39, 0.29) is 0 Å². The predicted octanol–water partition coefficient (Wildman–Crippen LogP) is 3.13. The first-order valence-electron chi connectivity index (χ1n) is 7.84. The fraction of sp³-hybridized carbons (Fsp3) is 0.529. The summed E-state index contributed by atoms with van der Waals surface area (Å²) in [5.74, 6) is 1.65. The maximum Gasteiger partial charge on any atom is 0.236 e. The lowest BCUT2D eigenvalue weighted by atomic mass is 9.99. The molecule has 0 amide bonds. The van der Waals surface area contributed by atoms with Crippen LogP contribution in [0, 0.1) is 5.92 Å². The first-order valence-corrected chi connectivity index (χ1v) is 7.84. The lowest BCUT2D eigenvalue weighted by Gasteiger charge is -2.23. The van der Waals surface area contributed by atoms with E-state index in [4.69, 9.17) is 9.72 Å². The van der Waals surface area contributed by atoms with Crippen molar-refractivity contribution >= 4 is 11.0 Å². The molecule has 4 nitrogen and oxygen atoms in total. The number of piperidine rings is 1. The van der Waals surface area contributed by atoms with Gasteiger partial charge in [0.05, 0.1) is 17.6 Å². The number of nitrogens with zero attached hydrogens (tertiary/aromatic N) is 2. The second-order valence-corrected chi connectivity index (χ2v) is 6.06. The highest BCUT2D eigenvalue weighted by Gasteiger charge is 2.17.